The van der Waals surface area contributed by atoms with Crippen LogP contribution in [0.2, 0.25) is 5.02 Å². The molecule has 0 unspecified atom stereocenters. The number of nitrogens with zero attached hydrogens (tertiary/aromatic N) is 2. The van der Waals surface area contributed by atoms with Gasteiger partial charge in [0.15, 0.2) is 0 Å². The smallest absolute Gasteiger partial charge is 0.275 e. The highest BCUT2D eigenvalue weighted by Crippen LogP contribution is 2.23. The van der Waals surface area contributed by atoms with E-state index in [1.807, 2.05) is 59.0 Å². The van der Waals surface area contributed by atoms with E-state index in [0.717, 1.165) is 42.5 Å². The number of hydrogen-bond donors (Lipinski definition) is 1. The van der Waals surface area contributed by atoms with Crippen molar-refractivity contribution in [2.24, 2.45) is 0 Å². The Bertz CT molecular complexity index is 1350. The molecule has 1 aliphatic carbocycles. The highest BCUT2D eigenvalue weighted by atomic mass is 35.5. The van der Waals surface area contributed by atoms with E-state index in [1.165, 1.54) is 12.8 Å². The van der Waals surface area contributed by atoms with E-state index in [0.29, 0.717) is 22.8 Å². The monoisotopic (exact) mass is 473 g/mol. The molecular formula is C28H28ClN3O2. The summed E-state index contributed by atoms with van der Waals surface area (Å²) in [7, 11) is 0. The third-order valence-corrected chi connectivity index (χ3v) is 6.92. The van der Waals surface area contributed by atoms with Crippen molar-refractivity contribution in [1.29, 1.82) is 0 Å². The lowest BCUT2D eigenvalue weighted by Crippen LogP contribution is -2.39. The maximum atomic E-state index is 13.7. The second-order valence-electron chi connectivity index (χ2n) is 9.03. The Hall–Kier alpha value is -3.31. The molecule has 5 rings (SSSR count). The van der Waals surface area contributed by atoms with Crippen molar-refractivity contribution in [3.63, 3.8) is 0 Å². The molecule has 1 fully saturated rings. The Morgan fingerprint density at radius 1 is 0.912 bits per heavy atom. The summed E-state index contributed by atoms with van der Waals surface area (Å²) < 4.78 is 3.43. The standard InChI is InChI=1S/C28H28ClN3O2/c29-22-14-12-20(13-15-22)18-32-26(27(33)30-23-10-6-1-2-7-11-23)19-31-24(16-17-25(31)28(32)34)21-8-4-3-5-9-21/h3-5,8-9,12-17,19,23H,1-2,6-7,10-11,18H2,(H,30,33). The van der Waals surface area contributed by atoms with Gasteiger partial charge in [0.25, 0.3) is 11.5 Å². The molecule has 0 radical (unpaired) electrons. The maximum absolute atomic E-state index is 13.7. The second kappa shape index (κ2) is 9.90. The van der Waals surface area contributed by atoms with E-state index >= 15 is 0 Å². The SMILES string of the molecule is O=C(NC1CCCCCC1)c1cn2c(-c3ccccc3)ccc2c(=O)n1Cc1ccc(Cl)cc1. The molecule has 6 heteroatoms. The van der Waals surface area contributed by atoms with Crippen molar-refractivity contribution >= 4 is 23.0 Å². The number of amides is 1. The molecule has 1 amide bonds. The van der Waals surface area contributed by atoms with Crippen molar-refractivity contribution in [3.8, 4) is 11.3 Å². The third-order valence-electron chi connectivity index (χ3n) is 6.67. The van der Waals surface area contributed by atoms with Crippen LogP contribution in [0.25, 0.3) is 16.8 Å². The lowest BCUT2D eigenvalue weighted by molar-refractivity contribution is 0.0922. The Morgan fingerprint density at radius 2 is 1.62 bits per heavy atom. The van der Waals surface area contributed by atoms with Crippen LogP contribution in [0.4, 0.5) is 0 Å². The molecule has 34 heavy (non-hydrogen) atoms. The fourth-order valence-electron chi connectivity index (χ4n) is 4.84. The molecule has 0 atom stereocenters. The molecule has 2 aromatic carbocycles. The van der Waals surface area contributed by atoms with E-state index in [2.05, 4.69) is 5.32 Å². The number of halogens is 1. The average Bonchev–Trinajstić information content (AvgIpc) is 3.12. The summed E-state index contributed by atoms with van der Waals surface area (Å²) in [6, 6.07) is 21.2. The minimum absolute atomic E-state index is 0.142. The highest BCUT2D eigenvalue weighted by Gasteiger charge is 2.21. The lowest BCUT2D eigenvalue weighted by Gasteiger charge is -2.19. The molecule has 0 saturated heterocycles. The van der Waals surface area contributed by atoms with Crippen molar-refractivity contribution in [3.05, 3.63) is 99.6 Å². The fourth-order valence-corrected chi connectivity index (χ4v) is 4.97. The van der Waals surface area contributed by atoms with E-state index in [-0.39, 0.29) is 17.5 Å². The average molecular weight is 474 g/mol. The quantitative estimate of drug-likeness (QED) is 0.365. The molecule has 0 aliphatic heterocycles. The summed E-state index contributed by atoms with van der Waals surface area (Å²) in [5.74, 6) is -0.201. The molecule has 2 heterocycles. The maximum Gasteiger partial charge on any atom is 0.275 e. The van der Waals surface area contributed by atoms with E-state index < -0.39 is 0 Å². The summed E-state index contributed by atoms with van der Waals surface area (Å²) in [4.78, 5) is 27.2. The van der Waals surface area contributed by atoms with Crippen LogP contribution in [0.3, 0.4) is 0 Å². The van der Waals surface area contributed by atoms with Crippen LogP contribution >= 0.6 is 11.6 Å². The van der Waals surface area contributed by atoms with Gasteiger partial charge in [0.05, 0.1) is 12.2 Å². The Kier molecular flexibility index (Phi) is 6.54. The van der Waals surface area contributed by atoms with Gasteiger partial charge in [-0.1, -0.05) is 79.7 Å². The van der Waals surface area contributed by atoms with Gasteiger partial charge in [0.2, 0.25) is 0 Å². The van der Waals surface area contributed by atoms with Crippen molar-refractivity contribution in [1.82, 2.24) is 14.3 Å². The number of rotatable bonds is 5. The van der Waals surface area contributed by atoms with Gasteiger partial charge in [-0.15, -0.1) is 0 Å². The van der Waals surface area contributed by atoms with Gasteiger partial charge in [-0.3, -0.25) is 14.2 Å². The van der Waals surface area contributed by atoms with E-state index in [4.69, 9.17) is 11.6 Å². The minimum atomic E-state index is -0.201. The number of benzene rings is 2. The molecule has 1 N–H and O–H groups in total. The summed E-state index contributed by atoms with van der Waals surface area (Å²) in [5, 5.41) is 3.86. The van der Waals surface area contributed by atoms with Gasteiger partial charge in [-0.25, -0.2) is 0 Å². The first-order valence-corrected chi connectivity index (χ1v) is 12.3. The zero-order valence-electron chi connectivity index (χ0n) is 19.0. The molecule has 4 aromatic rings. The number of fused-ring (bicyclic) bond motifs is 1. The van der Waals surface area contributed by atoms with Crippen LogP contribution in [-0.4, -0.2) is 20.9 Å². The van der Waals surface area contributed by atoms with Crippen LogP contribution in [0, 0.1) is 0 Å². The molecule has 2 aromatic heterocycles. The number of carbonyl (C=O) groups is 1. The number of nitrogens with one attached hydrogen (secondary N) is 1. The van der Waals surface area contributed by atoms with Crippen LogP contribution in [0.5, 0.6) is 0 Å². The third kappa shape index (κ3) is 4.66. The topological polar surface area (TPSA) is 55.5 Å². The Labute approximate surface area is 204 Å². The number of carbonyl (C=O) groups excluding carboxylic acids is 1. The summed E-state index contributed by atoms with van der Waals surface area (Å²) in [6.07, 6.45) is 8.44. The first-order chi connectivity index (χ1) is 16.6. The summed E-state index contributed by atoms with van der Waals surface area (Å²) >= 11 is 6.05. The highest BCUT2D eigenvalue weighted by molar-refractivity contribution is 6.30. The van der Waals surface area contributed by atoms with Gasteiger partial charge >= 0.3 is 0 Å². The summed E-state index contributed by atoms with van der Waals surface area (Å²) in [6.45, 7) is 0.297. The fraction of sp³-hybridized carbons (Fsp3) is 0.286. The zero-order valence-corrected chi connectivity index (χ0v) is 19.8. The molecule has 1 aliphatic rings. The zero-order chi connectivity index (χ0) is 23.5. The molecular weight excluding hydrogens is 446 g/mol. The Balaban J connectivity index is 1.60. The first kappa shape index (κ1) is 22.5. The first-order valence-electron chi connectivity index (χ1n) is 12.0. The molecule has 0 spiro atoms. The van der Waals surface area contributed by atoms with E-state index in [9.17, 15) is 9.59 Å². The number of aromatic nitrogens is 2. The minimum Gasteiger partial charge on any atom is -0.348 e. The summed E-state index contributed by atoms with van der Waals surface area (Å²) in [5.41, 5.74) is 3.51. The molecule has 0 bridgehead atoms. The van der Waals surface area contributed by atoms with Crippen molar-refractivity contribution in [2.45, 2.75) is 51.1 Å². The largest absolute Gasteiger partial charge is 0.348 e. The van der Waals surface area contributed by atoms with Gasteiger partial charge in [-0.2, -0.15) is 0 Å². The predicted molar refractivity (Wildman–Crippen MR) is 137 cm³/mol. The molecule has 1 saturated carbocycles. The van der Waals surface area contributed by atoms with Crippen LogP contribution < -0.4 is 10.9 Å². The number of hydrogen-bond acceptors (Lipinski definition) is 2. The molecule has 5 nitrogen and oxygen atoms in total. The Morgan fingerprint density at radius 3 is 2.32 bits per heavy atom. The predicted octanol–water partition coefficient (Wildman–Crippen LogP) is 5.92. The van der Waals surface area contributed by atoms with E-state index in [1.54, 1.807) is 22.9 Å². The lowest BCUT2D eigenvalue weighted by atomic mass is 10.1. The van der Waals surface area contributed by atoms with Gasteiger partial charge in [-0.05, 0) is 48.2 Å². The normalized spacial score (nSPS) is 14.7. The second-order valence-corrected chi connectivity index (χ2v) is 9.47. The van der Waals surface area contributed by atoms with Crippen LogP contribution in [0.1, 0.15) is 54.6 Å². The van der Waals surface area contributed by atoms with Crippen LogP contribution in [0.15, 0.2) is 77.7 Å². The van der Waals surface area contributed by atoms with Gasteiger partial charge in [0, 0.05) is 17.3 Å². The van der Waals surface area contributed by atoms with Crippen molar-refractivity contribution < 1.29 is 4.79 Å². The molecule has 174 valence electrons. The van der Waals surface area contributed by atoms with Crippen molar-refractivity contribution in [2.75, 3.05) is 0 Å². The van der Waals surface area contributed by atoms with Gasteiger partial charge in [0.1, 0.15) is 11.2 Å². The van der Waals surface area contributed by atoms with Gasteiger partial charge < -0.3 is 9.72 Å². The van der Waals surface area contributed by atoms with Crippen LogP contribution in [-0.2, 0) is 6.54 Å².